The maximum atomic E-state index is 4.46. The molecule has 10 rings (SSSR count). The molecule has 0 amide bonds. The second-order valence-corrected chi connectivity index (χ2v) is 14.2. The zero-order valence-electron chi connectivity index (χ0n) is 34.8. The molecule has 62 heavy (non-hydrogen) atoms. The Morgan fingerprint density at radius 3 is 1.66 bits per heavy atom. The minimum Gasteiger partial charge on any atom is -0.502 e. The standard InChI is InChI=1S/C19H17N6.C16H16N2.C15H14N2.2Ir/c1-23-19(15-25(22-23)13-17-10-6-3-7-11-17)18-14-24(21-20-18)12-16-8-4-2-5-9-16;1-2-12-17-13-18(14-8-4-3-5-9-14)16-11-7-6-10-15(16)17;1-2-16-12-17(13-8-4-3-5-9-13)15-11-7-6-10-14(15)16;;/h2-11H,12-13H2,1H3;3-8,10-11,13H,2,12H2,1H3;3-8,10-12H,2H2,1H3;;/q-1;2*-2;2*+3. The van der Waals surface area contributed by atoms with Crippen molar-refractivity contribution in [1.82, 2.24) is 24.9 Å². The third-order valence-electron chi connectivity index (χ3n) is 9.98. The van der Waals surface area contributed by atoms with Gasteiger partial charge in [0, 0.05) is 34.5 Å². The van der Waals surface area contributed by atoms with Crippen molar-refractivity contribution in [3.8, 4) is 11.4 Å². The topological polar surface area (TPSA) is 65.4 Å². The summed E-state index contributed by atoms with van der Waals surface area (Å²) in [6, 6.07) is 59.9. The van der Waals surface area contributed by atoms with Crippen LogP contribution in [-0.2, 0) is 60.3 Å². The molecule has 4 heterocycles. The Labute approximate surface area is 392 Å². The normalized spacial score (nSPS) is 12.2. The molecule has 0 radical (unpaired) electrons. The summed E-state index contributed by atoms with van der Waals surface area (Å²) in [6.07, 6.45) is 7.57. The molecule has 2 aromatic heterocycles. The summed E-state index contributed by atoms with van der Waals surface area (Å²) < 4.78 is 5.22. The van der Waals surface area contributed by atoms with Crippen LogP contribution < -0.4 is 24.3 Å². The van der Waals surface area contributed by atoms with E-state index in [4.69, 9.17) is 0 Å². The quantitative estimate of drug-likeness (QED) is 0.100. The molecule has 0 saturated carbocycles. The van der Waals surface area contributed by atoms with E-state index in [0.29, 0.717) is 18.8 Å². The Morgan fingerprint density at radius 2 is 1.11 bits per heavy atom. The summed E-state index contributed by atoms with van der Waals surface area (Å²) in [5, 5.41) is 12.8. The number of nitrogens with zero attached hydrogens (tertiary/aromatic N) is 10. The monoisotopic (exact) mass is 1170 g/mol. The van der Waals surface area contributed by atoms with Crippen molar-refractivity contribution in [2.45, 2.75) is 33.4 Å². The zero-order valence-corrected chi connectivity index (χ0v) is 39.6. The van der Waals surface area contributed by atoms with Crippen molar-refractivity contribution in [2.24, 2.45) is 7.05 Å². The van der Waals surface area contributed by atoms with Crippen LogP contribution in [-0.4, -0.2) is 38.0 Å². The molecule has 0 N–H and O–H groups in total. The summed E-state index contributed by atoms with van der Waals surface area (Å²) >= 11 is 0. The average molecular weight is 1170 g/mol. The van der Waals surface area contributed by atoms with Gasteiger partial charge in [0.25, 0.3) is 0 Å². The van der Waals surface area contributed by atoms with E-state index in [1.165, 1.54) is 28.3 Å². The molecule has 0 bridgehead atoms. The Bertz CT molecular complexity index is 2550. The molecule has 314 valence electrons. The van der Waals surface area contributed by atoms with Gasteiger partial charge in [0.1, 0.15) is 6.54 Å². The van der Waals surface area contributed by atoms with Gasteiger partial charge in [-0.3, -0.25) is 5.10 Å². The Kier molecular flexibility index (Phi) is 16.4. The van der Waals surface area contributed by atoms with E-state index in [9.17, 15) is 0 Å². The van der Waals surface area contributed by atoms with Crippen molar-refractivity contribution >= 4 is 34.1 Å². The van der Waals surface area contributed by atoms with Crippen LogP contribution in [0.5, 0.6) is 0 Å². The predicted molar refractivity (Wildman–Crippen MR) is 238 cm³/mol. The Balaban J connectivity index is 0.000000156. The van der Waals surface area contributed by atoms with Gasteiger partial charge in [-0.2, -0.15) is 79.7 Å². The fraction of sp³-hybridized carbons (Fsp3) is 0.160. The number of aryl methyl sites for hydroxylation is 1. The van der Waals surface area contributed by atoms with Crippen LogP contribution in [0, 0.1) is 37.9 Å². The number of fused-ring (bicyclic) bond motifs is 2. The maximum Gasteiger partial charge on any atom is 3.00 e. The molecule has 12 heteroatoms. The molecule has 0 fully saturated rings. The van der Waals surface area contributed by atoms with E-state index in [1.54, 1.807) is 14.0 Å². The molecule has 2 aliphatic rings. The number of para-hydroxylation sites is 6. The fourth-order valence-electron chi connectivity index (χ4n) is 7.12. The van der Waals surface area contributed by atoms with Crippen LogP contribution in [0.1, 0.15) is 31.4 Å². The summed E-state index contributed by atoms with van der Waals surface area (Å²) in [4.78, 5) is 8.93. The third kappa shape index (κ3) is 10.9. The van der Waals surface area contributed by atoms with Gasteiger partial charge in [-0.15, -0.1) is 16.6 Å². The van der Waals surface area contributed by atoms with E-state index >= 15 is 0 Å². The molecule has 0 spiro atoms. The van der Waals surface area contributed by atoms with Gasteiger partial charge in [0.15, 0.2) is 0 Å². The molecule has 0 saturated heterocycles. The summed E-state index contributed by atoms with van der Waals surface area (Å²) in [7, 11) is 1.87. The van der Waals surface area contributed by atoms with Gasteiger partial charge in [-0.25, -0.2) is 15.6 Å². The first-order valence-electron chi connectivity index (χ1n) is 20.3. The average Bonchev–Trinajstić information content (AvgIpc) is 4.10. The fourth-order valence-corrected chi connectivity index (χ4v) is 7.12. The van der Waals surface area contributed by atoms with Gasteiger partial charge >= 0.3 is 40.2 Å². The van der Waals surface area contributed by atoms with E-state index in [0.717, 1.165) is 42.1 Å². The van der Waals surface area contributed by atoms with Crippen LogP contribution in [0.2, 0.25) is 0 Å². The van der Waals surface area contributed by atoms with Crippen LogP contribution in [0.25, 0.3) is 11.4 Å². The molecule has 0 unspecified atom stereocenters. The first-order chi connectivity index (χ1) is 29.6. The molecule has 8 aromatic rings. The second-order valence-electron chi connectivity index (χ2n) is 14.2. The van der Waals surface area contributed by atoms with Crippen molar-refractivity contribution in [2.75, 3.05) is 32.7 Å². The van der Waals surface area contributed by atoms with Gasteiger partial charge in [-0.1, -0.05) is 104 Å². The molecule has 10 nitrogen and oxygen atoms in total. The van der Waals surface area contributed by atoms with Gasteiger partial charge < -0.3 is 24.3 Å². The number of rotatable bonds is 10. The largest absolute Gasteiger partial charge is 3.00 e. The number of benzene rings is 6. The maximum absolute atomic E-state index is 4.46. The molecule has 0 atom stereocenters. The van der Waals surface area contributed by atoms with E-state index < -0.39 is 0 Å². The number of hydrogen-bond acceptors (Lipinski definition) is 7. The van der Waals surface area contributed by atoms with E-state index in [-0.39, 0.29) is 40.2 Å². The summed E-state index contributed by atoms with van der Waals surface area (Å²) in [5.74, 6) is 0. The van der Waals surface area contributed by atoms with E-state index in [2.05, 4.69) is 172 Å². The number of aromatic nitrogens is 6. The molecular formula is C50H47Ir2N10+. The van der Waals surface area contributed by atoms with Crippen LogP contribution in [0.15, 0.2) is 158 Å². The predicted octanol–water partition coefficient (Wildman–Crippen LogP) is 9.22. The SMILES string of the molecule is CCCN1[CH-]N(c2[c-]cccc2)c2ccccc21.CCN1[CH-]N(c2[c-]cccc2)c2ccccc21.Cn1n[n+](Cc2ccccc2)[c-]c1-c1[c-]n(Cc2ccccc2)nn1.[Ir+3].[Ir+3]. The smallest absolute Gasteiger partial charge is 0.502 e. The van der Waals surface area contributed by atoms with Gasteiger partial charge in [-0.05, 0) is 61.8 Å². The summed E-state index contributed by atoms with van der Waals surface area (Å²) in [5.41, 5.74) is 10.9. The first-order valence-corrected chi connectivity index (χ1v) is 20.3. The Morgan fingerprint density at radius 1 is 0.597 bits per heavy atom. The first kappa shape index (κ1) is 45.6. The third-order valence-corrected chi connectivity index (χ3v) is 9.98. The number of hydrogen-bond donors (Lipinski definition) is 0. The minimum absolute atomic E-state index is 0. The van der Waals surface area contributed by atoms with Crippen LogP contribution >= 0.6 is 0 Å². The van der Waals surface area contributed by atoms with Crippen molar-refractivity contribution in [3.63, 3.8) is 0 Å². The van der Waals surface area contributed by atoms with Crippen molar-refractivity contribution < 1.29 is 44.9 Å². The van der Waals surface area contributed by atoms with Crippen molar-refractivity contribution in [3.05, 3.63) is 207 Å². The summed E-state index contributed by atoms with van der Waals surface area (Å²) in [6.45, 7) is 12.0. The van der Waals surface area contributed by atoms with E-state index in [1.807, 2.05) is 79.8 Å². The van der Waals surface area contributed by atoms with Crippen LogP contribution in [0.4, 0.5) is 34.1 Å². The van der Waals surface area contributed by atoms with Gasteiger partial charge in [0.2, 0.25) is 0 Å². The molecule has 2 aliphatic heterocycles. The molecule has 0 aliphatic carbocycles. The number of anilines is 6. The zero-order chi connectivity index (χ0) is 41.1. The second kappa shape index (κ2) is 22.3. The molecular weight excluding hydrogens is 1130 g/mol. The molecule has 6 aromatic carbocycles. The minimum atomic E-state index is 0. The van der Waals surface area contributed by atoms with Gasteiger partial charge in [0.05, 0.1) is 7.05 Å². The Hall–Kier alpha value is -5.90. The van der Waals surface area contributed by atoms with Crippen molar-refractivity contribution in [1.29, 1.82) is 0 Å². The van der Waals surface area contributed by atoms with Crippen LogP contribution in [0.3, 0.4) is 0 Å².